The van der Waals surface area contributed by atoms with Crippen LogP contribution in [-0.4, -0.2) is 10.7 Å². The van der Waals surface area contributed by atoms with E-state index in [0.717, 1.165) is 34.9 Å². The molecule has 0 saturated heterocycles. The number of hydrogen-bond acceptors (Lipinski definition) is 3. The maximum atomic E-state index is 6.51. The molecule has 3 aliphatic rings. The minimum absolute atomic E-state index is 0.207. The predicted molar refractivity (Wildman–Crippen MR) is 95.4 cm³/mol. The molecule has 3 nitrogen and oxygen atoms in total. The Hall–Kier alpha value is -1.97. The minimum Gasteiger partial charge on any atom is -0.471 e. The Morgan fingerprint density at radius 3 is 2.58 bits per heavy atom. The standard InChI is InChI=1S/C20H19ClN2O/c21-15-9-7-14(8-10-15)17-13-18-16-5-1-2-6-19(16)24-20(23(18)22-17)11-3-4-12-20/h1-2,5-10,13,18,22H,3-4,11-12H2/t18-/m1/s1. The first-order chi connectivity index (χ1) is 11.8. The van der Waals surface area contributed by atoms with Crippen LogP contribution in [-0.2, 0) is 0 Å². The first-order valence-electron chi connectivity index (χ1n) is 8.57. The molecule has 2 aromatic rings. The minimum atomic E-state index is -0.232. The number of hydrazine groups is 1. The molecule has 5 rings (SSSR count). The van der Waals surface area contributed by atoms with Crippen molar-refractivity contribution < 1.29 is 4.74 Å². The van der Waals surface area contributed by atoms with Gasteiger partial charge in [-0.1, -0.05) is 41.9 Å². The van der Waals surface area contributed by atoms with E-state index in [4.69, 9.17) is 16.3 Å². The summed E-state index contributed by atoms with van der Waals surface area (Å²) < 4.78 is 6.51. The van der Waals surface area contributed by atoms with E-state index in [1.165, 1.54) is 18.4 Å². The van der Waals surface area contributed by atoms with E-state index in [1.54, 1.807) is 0 Å². The summed E-state index contributed by atoms with van der Waals surface area (Å²) >= 11 is 6.04. The van der Waals surface area contributed by atoms with Gasteiger partial charge < -0.3 is 10.2 Å². The first kappa shape index (κ1) is 14.4. The predicted octanol–water partition coefficient (Wildman–Crippen LogP) is 4.91. The number of fused-ring (bicyclic) bond motifs is 4. The maximum absolute atomic E-state index is 6.51. The van der Waals surface area contributed by atoms with E-state index in [1.807, 2.05) is 12.1 Å². The van der Waals surface area contributed by atoms with Crippen LogP contribution in [0.3, 0.4) is 0 Å². The van der Waals surface area contributed by atoms with Gasteiger partial charge in [-0.2, -0.15) is 5.01 Å². The summed E-state index contributed by atoms with van der Waals surface area (Å²) in [7, 11) is 0. The van der Waals surface area contributed by atoms with Crippen LogP contribution in [0.15, 0.2) is 54.6 Å². The summed E-state index contributed by atoms with van der Waals surface area (Å²) in [4.78, 5) is 0. The fraction of sp³-hybridized carbons (Fsp3) is 0.300. The molecule has 0 radical (unpaired) electrons. The third-order valence-corrected chi connectivity index (χ3v) is 5.61. The molecule has 1 aliphatic carbocycles. The Morgan fingerprint density at radius 2 is 1.79 bits per heavy atom. The summed E-state index contributed by atoms with van der Waals surface area (Å²) in [5, 5.41) is 3.09. The molecule has 1 saturated carbocycles. The second-order valence-corrected chi connectivity index (χ2v) is 7.24. The molecule has 1 N–H and O–H groups in total. The third kappa shape index (κ3) is 2.08. The van der Waals surface area contributed by atoms with E-state index in [2.05, 4.69) is 52.9 Å². The monoisotopic (exact) mass is 338 g/mol. The Labute approximate surface area is 146 Å². The van der Waals surface area contributed by atoms with Crippen LogP contribution in [0, 0.1) is 0 Å². The Kier molecular flexibility index (Phi) is 3.15. The molecular formula is C20H19ClN2O. The second-order valence-electron chi connectivity index (χ2n) is 6.81. The van der Waals surface area contributed by atoms with Gasteiger partial charge in [-0.3, -0.25) is 0 Å². The van der Waals surface area contributed by atoms with Gasteiger partial charge in [0.15, 0.2) is 5.72 Å². The molecule has 122 valence electrons. The van der Waals surface area contributed by atoms with Gasteiger partial charge >= 0.3 is 0 Å². The summed E-state index contributed by atoms with van der Waals surface area (Å²) in [6.45, 7) is 0. The number of nitrogens with zero attached hydrogens (tertiary/aromatic N) is 1. The van der Waals surface area contributed by atoms with E-state index in [9.17, 15) is 0 Å². The highest BCUT2D eigenvalue weighted by Crippen LogP contribution is 2.50. The van der Waals surface area contributed by atoms with Gasteiger partial charge in [-0.05, 0) is 42.7 Å². The topological polar surface area (TPSA) is 24.5 Å². The Bertz CT molecular complexity index is 809. The van der Waals surface area contributed by atoms with Crippen molar-refractivity contribution in [2.24, 2.45) is 0 Å². The summed E-state index contributed by atoms with van der Waals surface area (Å²) in [5.41, 5.74) is 6.90. The van der Waals surface area contributed by atoms with Crippen molar-refractivity contribution in [2.45, 2.75) is 37.5 Å². The van der Waals surface area contributed by atoms with Crippen LogP contribution in [0.2, 0.25) is 5.02 Å². The molecule has 1 spiro atoms. The van der Waals surface area contributed by atoms with Crippen molar-refractivity contribution in [1.29, 1.82) is 0 Å². The third-order valence-electron chi connectivity index (χ3n) is 5.36. The van der Waals surface area contributed by atoms with Crippen molar-refractivity contribution in [2.75, 3.05) is 0 Å². The molecule has 2 aromatic carbocycles. The number of rotatable bonds is 1. The van der Waals surface area contributed by atoms with Gasteiger partial charge in [0, 0.05) is 23.4 Å². The average Bonchev–Trinajstić information content (AvgIpc) is 3.24. The van der Waals surface area contributed by atoms with Crippen LogP contribution < -0.4 is 10.2 Å². The second kappa shape index (κ2) is 5.27. The van der Waals surface area contributed by atoms with Crippen LogP contribution in [0.1, 0.15) is 42.9 Å². The van der Waals surface area contributed by atoms with E-state index in [-0.39, 0.29) is 11.8 Å². The summed E-state index contributed by atoms with van der Waals surface area (Å²) in [6, 6.07) is 16.6. The average molecular weight is 339 g/mol. The van der Waals surface area contributed by atoms with Gasteiger partial charge in [0.2, 0.25) is 0 Å². The fourth-order valence-electron chi connectivity index (χ4n) is 4.19. The molecule has 0 aromatic heterocycles. The van der Waals surface area contributed by atoms with Gasteiger partial charge in [0.05, 0.1) is 11.7 Å². The number of para-hydroxylation sites is 1. The summed E-state index contributed by atoms with van der Waals surface area (Å²) in [6.07, 6.45) is 6.86. The molecule has 2 heterocycles. The number of halogens is 1. The lowest BCUT2D eigenvalue weighted by atomic mass is 9.98. The zero-order valence-corrected chi connectivity index (χ0v) is 14.1. The molecule has 4 heteroatoms. The van der Waals surface area contributed by atoms with Gasteiger partial charge in [-0.15, -0.1) is 0 Å². The number of ether oxygens (including phenoxy) is 1. The van der Waals surface area contributed by atoms with Crippen LogP contribution in [0.5, 0.6) is 5.75 Å². The first-order valence-corrected chi connectivity index (χ1v) is 8.95. The Balaban J connectivity index is 1.59. The lowest BCUT2D eigenvalue weighted by Gasteiger charge is -2.46. The summed E-state index contributed by atoms with van der Waals surface area (Å²) in [5.74, 6) is 1.02. The quantitative estimate of drug-likeness (QED) is 0.800. The zero-order chi connectivity index (χ0) is 16.1. The smallest absolute Gasteiger partial charge is 0.180 e. The normalized spacial score (nSPS) is 24.0. The molecule has 2 aliphatic heterocycles. The SMILES string of the molecule is Clc1ccc(C2=C[C@@H]3c4ccccc4OC4(CCCC4)N3N2)cc1. The van der Waals surface area contributed by atoms with Crippen LogP contribution in [0.25, 0.3) is 5.70 Å². The lowest BCUT2D eigenvalue weighted by molar-refractivity contribution is -0.125. The maximum Gasteiger partial charge on any atom is 0.180 e. The number of hydrogen-bond donors (Lipinski definition) is 1. The molecule has 0 unspecified atom stereocenters. The van der Waals surface area contributed by atoms with Crippen LogP contribution >= 0.6 is 11.6 Å². The van der Waals surface area contributed by atoms with E-state index in [0.29, 0.717) is 0 Å². The van der Waals surface area contributed by atoms with Crippen molar-refractivity contribution in [3.8, 4) is 5.75 Å². The van der Waals surface area contributed by atoms with Crippen molar-refractivity contribution >= 4 is 17.3 Å². The van der Waals surface area contributed by atoms with Crippen LogP contribution in [0.4, 0.5) is 0 Å². The fourth-order valence-corrected chi connectivity index (χ4v) is 4.31. The molecule has 1 fully saturated rings. The number of nitrogens with one attached hydrogen (secondary N) is 1. The molecule has 1 atom stereocenters. The van der Waals surface area contributed by atoms with Gasteiger partial charge in [0.25, 0.3) is 0 Å². The molecule has 0 amide bonds. The van der Waals surface area contributed by atoms with Gasteiger partial charge in [0.1, 0.15) is 5.75 Å². The van der Waals surface area contributed by atoms with Crippen molar-refractivity contribution in [3.63, 3.8) is 0 Å². The molecular weight excluding hydrogens is 320 g/mol. The zero-order valence-electron chi connectivity index (χ0n) is 13.3. The molecule has 0 bridgehead atoms. The highest BCUT2D eigenvalue weighted by molar-refractivity contribution is 6.30. The van der Waals surface area contributed by atoms with Gasteiger partial charge in [-0.25, -0.2) is 0 Å². The van der Waals surface area contributed by atoms with E-state index < -0.39 is 0 Å². The van der Waals surface area contributed by atoms with Crippen molar-refractivity contribution in [3.05, 3.63) is 70.8 Å². The van der Waals surface area contributed by atoms with Crippen molar-refractivity contribution in [1.82, 2.24) is 10.4 Å². The lowest BCUT2D eigenvalue weighted by Crippen LogP contribution is -2.58. The highest BCUT2D eigenvalue weighted by atomic mass is 35.5. The highest BCUT2D eigenvalue weighted by Gasteiger charge is 2.51. The Morgan fingerprint density at radius 1 is 1.04 bits per heavy atom. The largest absolute Gasteiger partial charge is 0.471 e. The molecule has 24 heavy (non-hydrogen) atoms. The van der Waals surface area contributed by atoms with E-state index >= 15 is 0 Å². The number of benzene rings is 2.